The standard InChI is InChI=1S/C12H17N/c1-8-5-4-6-11-9(2)7-10(3)13-12(8)11/h7-8H,4-6H2,1-3H3. The number of hydrogen-bond donors (Lipinski definition) is 0. The van der Waals surface area contributed by atoms with Crippen LogP contribution in [0.3, 0.4) is 0 Å². The SMILES string of the molecule is Cc1cc(C)c2c(n1)C(C)CCC2. The summed E-state index contributed by atoms with van der Waals surface area (Å²) in [5, 5.41) is 0. The van der Waals surface area contributed by atoms with Gasteiger partial charge in [-0.25, -0.2) is 0 Å². The van der Waals surface area contributed by atoms with Crippen molar-refractivity contribution in [1.29, 1.82) is 0 Å². The zero-order valence-electron chi connectivity index (χ0n) is 8.72. The lowest BCUT2D eigenvalue weighted by Crippen LogP contribution is -2.11. The van der Waals surface area contributed by atoms with Crippen molar-refractivity contribution in [2.45, 2.75) is 46.0 Å². The van der Waals surface area contributed by atoms with Crippen LogP contribution in [0.5, 0.6) is 0 Å². The number of aryl methyl sites for hydroxylation is 2. The first-order valence-electron chi connectivity index (χ1n) is 5.15. The zero-order chi connectivity index (χ0) is 9.42. The Kier molecular flexibility index (Phi) is 2.10. The highest BCUT2D eigenvalue weighted by molar-refractivity contribution is 5.35. The van der Waals surface area contributed by atoms with E-state index in [0.29, 0.717) is 5.92 Å². The van der Waals surface area contributed by atoms with Crippen molar-refractivity contribution in [2.75, 3.05) is 0 Å². The van der Waals surface area contributed by atoms with Crippen LogP contribution in [0.2, 0.25) is 0 Å². The summed E-state index contributed by atoms with van der Waals surface area (Å²) in [6, 6.07) is 2.21. The molecular formula is C12H17N. The van der Waals surface area contributed by atoms with Gasteiger partial charge in [-0.2, -0.15) is 0 Å². The van der Waals surface area contributed by atoms with E-state index in [2.05, 4.69) is 31.8 Å². The number of fused-ring (bicyclic) bond motifs is 1. The predicted octanol–water partition coefficient (Wildman–Crippen LogP) is 3.14. The van der Waals surface area contributed by atoms with Crippen molar-refractivity contribution >= 4 is 0 Å². The van der Waals surface area contributed by atoms with Crippen LogP contribution < -0.4 is 0 Å². The van der Waals surface area contributed by atoms with Gasteiger partial charge in [-0.05, 0) is 56.2 Å². The normalized spacial score (nSPS) is 21.3. The molecule has 13 heavy (non-hydrogen) atoms. The molecule has 0 bridgehead atoms. The van der Waals surface area contributed by atoms with Crippen molar-refractivity contribution in [3.63, 3.8) is 0 Å². The van der Waals surface area contributed by atoms with Crippen LogP contribution in [0.25, 0.3) is 0 Å². The Labute approximate surface area is 80.2 Å². The third-order valence-electron chi connectivity index (χ3n) is 3.04. The molecule has 1 atom stereocenters. The van der Waals surface area contributed by atoms with E-state index < -0.39 is 0 Å². The Morgan fingerprint density at radius 3 is 2.92 bits per heavy atom. The molecular weight excluding hydrogens is 158 g/mol. The molecule has 1 unspecified atom stereocenters. The summed E-state index contributed by atoms with van der Waals surface area (Å²) in [5.41, 5.74) is 5.49. The molecule has 2 rings (SSSR count). The minimum Gasteiger partial charge on any atom is -0.258 e. The Balaban J connectivity index is 2.56. The molecule has 0 saturated heterocycles. The molecule has 1 heterocycles. The fourth-order valence-electron chi connectivity index (χ4n) is 2.35. The lowest BCUT2D eigenvalue weighted by Gasteiger charge is -2.23. The lowest BCUT2D eigenvalue weighted by molar-refractivity contribution is 0.569. The van der Waals surface area contributed by atoms with Crippen LogP contribution in [-0.4, -0.2) is 4.98 Å². The van der Waals surface area contributed by atoms with Crippen molar-refractivity contribution in [2.24, 2.45) is 0 Å². The van der Waals surface area contributed by atoms with Crippen LogP contribution in [0, 0.1) is 13.8 Å². The molecule has 70 valence electrons. The maximum atomic E-state index is 4.66. The first kappa shape index (κ1) is 8.74. The van der Waals surface area contributed by atoms with Gasteiger partial charge in [0.25, 0.3) is 0 Å². The highest BCUT2D eigenvalue weighted by Gasteiger charge is 2.19. The highest BCUT2D eigenvalue weighted by Crippen LogP contribution is 2.31. The quantitative estimate of drug-likeness (QED) is 0.590. The lowest BCUT2D eigenvalue weighted by atomic mass is 9.85. The maximum Gasteiger partial charge on any atom is 0.0469 e. The van der Waals surface area contributed by atoms with E-state index in [4.69, 9.17) is 0 Å². The molecule has 0 N–H and O–H groups in total. The molecule has 1 aliphatic carbocycles. The minimum absolute atomic E-state index is 0.669. The van der Waals surface area contributed by atoms with Gasteiger partial charge in [0.1, 0.15) is 0 Å². The number of nitrogens with zero attached hydrogens (tertiary/aromatic N) is 1. The third-order valence-corrected chi connectivity index (χ3v) is 3.04. The second-order valence-corrected chi connectivity index (χ2v) is 4.24. The molecule has 1 aromatic heterocycles. The molecule has 0 saturated carbocycles. The molecule has 1 nitrogen and oxygen atoms in total. The summed E-state index contributed by atoms with van der Waals surface area (Å²) in [4.78, 5) is 4.66. The van der Waals surface area contributed by atoms with E-state index >= 15 is 0 Å². The molecule has 0 fully saturated rings. The van der Waals surface area contributed by atoms with E-state index in [0.717, 1.165) is 0 Å². The van der Waals surface area contributed by atoms with E-state index in [1.807, 2.05) is 0 Å². The maximum absolute atomic E-state index is 4.66. The molecule has 0 radical (unpaired) electrons. The van der Waals surface area contributed by atoms with Gasteiger partial charge < -0.3 is 0 Å². The third kappa shape index (κ3) is 1.48. The van der Waals surface area contributed by atoms with Gasteiger partial charge in [0.2, 0.25) is 0 Å². The Morgan fingerprint density at radius 2 is 2.15 bits per heavy atom. The summed E-state index contributed by atoms with van der Waals surface area (Å²) in [6.45, 7) is 6.60. The van der Waals surface area contributed by atoms with Crippen molar-refractivity contribution in [1.82, 2.24) is 4.98 Å². The molecule has 0 amide bonds. The van der Waals surface area contributed by atoms with Gasteiger partial charge in [0, 0.05) is 11.4 Å². The molecule has 1 heteroatoms. The summed E-state index contributed by atoms with van der Waals surface area (Å²) in [5.74, 6) is 0.669. The monoisotopic (exact) mass is 175 g/mol. The molecule has 0 spiro atoms. The molecule has 1 aromatic rings. The second-order valence-electron chi connectivity index (χ2n) is 4.24. The van der Waals surface area contributed by atoms with Gasteiger partial charge in [-0.1, -0.05) is 6.92 Å². The van der Waals surface area contributed by atoms with Crippen molar-refractivity contribution in [3.8, 4) is 0 Å². The first-order valence-corrected chi connectivity index (χ1v) is 5.15. The van der Waals surface area contributed by atoms with Gasteiger partial charge in [0.05, 0.1) is 0 Å². The topological polar surface area (TPSA) is 12.9 Å². The average molecular weight is 175 g/mol. The Hall–Kier alpha value is -0.850. The van der Waals surface area contributed by atoms with Crippen molar-refractivity contribution in [3.05, 3.63) is 28.6 Å². The van der Waals surface area contributed by atoms with Gasteiger partial charge in [-0.15, -0.1) is 0 Å². The van der Waals surface area contributed by atoms with Crippen molar-refractivity contribution < 1.29 is 0 Å². The Morgan fingerprint density at radius 1 is 1.38 bits per heavy atom. The van der Waals surface area contributed by atoms with Gasteiger partial charge in [-0.3, -0.25) is 4.98 Å². The second kappa shape index (κ2) is 3.13. The van der Waals surface area contributed by atoms with Crippen LogP contribution >= 0.6 is 0 Å². The smallest absolute Gasteiger partial charge is 0.0469 e. The van der Waals surface area contributed by atoms with Gasteiger partial charge in [0.15, 0.2) is 0 Å². The van der Waals surface area contributed by atoms with E-state index in [9.17, 15) is 0 Å². The predicted molar refractivity (Wildman–Crippen MR) is 55.1 cm³/mol. The van der Waals surface area contributed by atoms with E-state index in [-0.39, 0.29) is 0 Å². The largest absolute Gasteiger partial charge is 0.258 e. The molecule has 0 aromatic carbocycles. The zero-order valence-corrected chi connectivity index (χ0v) is 8.72. The number of aromatic nitrogens is 1. The number of pyridine rings is 1. The number of rotatable bonds is 0. The fourth-order valence-corrected chi connectivity index (χ4v) is 2.35. The number of hydrogen-bond acceptors (Lipinski definition) is 1. The summed E-state index contributed by atoms with van der Waals surface area (Å²) >= 11 is 0. The highest BCUT2D eigenvalue weighted by atomic mass is 14.7. The summed E-state index contributed by atoms with van der Waals surface area (Å²) < 4.78 is 0. The van der Waals surface area contributed by atoms with Gasteiger partial charge >= 0.3 is 0 Å². The first-order chi connectivity index (χ1) is 6.18. The van der Waals surface area contributed by atoms with E-state index in [1.54, 1.807) is 0 Å². The van der Waals surface area contributed by atoms with Crippen LogP contribution in [-0.2, 0) is 6.42 Å². The average Bonchev–Trinajstić information content (AvgIpc) is 2.07. The van der Waals surface area contributed by atoms with Crippen LogP contribution in [0.4, 0.5) is 0 Å². The molecule has 1 aliphatic rings. The molecule has 0 aliphatic heterocycles. The minimum atomic E-state index is 0.669. The summed E-state index contributed by atoms with van der Waals surface area (Å²) in [7, 11) is 0. The summed E-state index contributed by atoms with van der Waals surface area (Å²) in [6.07, 6.45) is 3.88. The Bertz CT molecular complexity index is 328. The van der Waals surface area contributed by atoms with E-state index in [1.165, 1.54) is 41.8 Å². The fraction of sp³-hybridized carbons (Fsp3) is 0.583. The van der Waals surface area contributed by atoms with Crippen LogP contribution in [0.1, 0.15) is 48.2 Å². The van der Waals surface area contributed by atoms with Crippen LogP contribution in [0.15, 0.2) is 6.07 Å².